The lowest BCUT2D eigenvalue weighted by Gasteiger charge is -2.05. The van der Waals surface area contributed by atoms with Crippen molar-refractivity contribution in [3.63, 3.8) is 0 Å². The number of nitrogens with one attached hydrogen (secondary N) is 1. The summed E-state index contributed by atoms with van der Waals surface area (Å²) in [5.74, 6) is -0.153. The van der Waals surface area contributed by atoms with Gasteiger partial charge in [-0.3, -0.25) is 4.79 Å². The van der Waals surface area contributed by atoms with Gasteiger partial charge in [0, 0.05) is 16.3 Å². The molecule has 0 aliphatic rings. The summed E-state index contributed by atoms with van der Waals surface area (Å²) in [6, 6.07) is 24.6. The second kappa shape index (κ2) is 7.62. The molecule has 0 spiro atoms. The highest BCUT2D eigenvalue weighted by Crippen LogP contribution is 2.15. The Balaban J connectivity index is 1.65. The molecule has 3 rings (SSSR count). The number of hydrogen-bond donors (Lipinski definition) is 1. The van der Waals surface area contributed by atoms with Gasteiger partial charge in [-0.2, -0.15) is 0 Å². The summed E-state index contributed by atoms with van der Waals surface area (Å²) < 4.78 is 0. The highest BCUT2D eigenvalue weighted by atomic mass is 35.5. The average Bonchev–Trinajstić information content (AvgIpc) is 2.62. The van der Waals surface area contributed by atoms with Crippen molar-refractivity contribution < 1.29 is 4.79 Å². The molecule has 0 fully saturated rings. The first-order chi connectivity index (χ1) is 11.7. The predicted octanol–water partition coefficient (Wildman–Crippen LogP) is 5.76. The number of rotatable bonds is 4. The quantitative estimate of drug-likeness (QED) is 0.604. The minimum absolute atomic E-state index is 0.153. The molecule has 2 nitrogen and oxygen atoms in total. The second-order valence-corrected chi connectivity index (χ2v) is 5.76. The number of halogens is 1. The zero-order valence-electron chi connectivity index (χ0n) is 12.9. The lowest BCUT2D eigenvalue weighted by atomic mass is 10.1. The monoisotopic (exact) mass is 333 g/mol. The van der Waals surface area contributed by atoms with Gasteiger partial charge < -0.3 is 5.32 Å². The Morgan fingerprint density at radius 1 is 0.750 bits per heavy atom. The SMILES string of the molecule is O=C(Nc1ccc(/C=C/c2ccccc2)cc1)c1ccc(Cl)cc1. The van der Waals surface area contributed by atoms with E-state index >= 15 is 0 Å². The van der Waals surface area contributed by atoms with Crippen LogP contribution in [-0.4, -0.2) is 5.91 Å². The highest BCUT2D eigenvalue weighted by Gasteiger charge is 2.05. The fraction of sp³-hybridized carbons (Fsp3) is 0. The number of anilines is 1. The van der Waals surface area contributed by atoms with E-state index in [0.29, 0.717) is 10.6 Å². The molecule has 0 unspecified atom stereocenters. The maximum absolute atomic E-state index is 12.2. The normalized spacial score (nSPS) is 10.7. The minimum atomic E-state index is -0.153. The molecule has 0 saturated carbocycles. The Morgan fingerprint density at radius 3 is 1.96 bits per heavy atom. The van der Waals surface area contributed by atoms with Gasteiger partial charge in [-0.05, 0) is 47.5 Å². The molecule has 0 aliphatic carbocycles. The van der Waals surface area contributed by atoms with Crippen molar-refractivity contribution in [3.05, 3.63) is 101 Å². The van der Waals surface area contributed by atoms with E-state index in [1.165, 1.54) is 0 Å². The molecule has 0 atom stereocenters. The summed E-state index contributed by atoms with van der Waals surface area (Å²) in [5, 5.41) is 3.48. The van der Waals surface area contributed by atoms with Gasteiger partial charge in [0.25, 0.3) is 5.91 Å². The summed E-state index contributed by atoms with van der Waals surface area (Å²) in [6.07, 6.45) is 4.10. The molecule has 118 valence electrons. The van der Waals surface area contributed by atoms with E-state index in [0.717, 1.165) is 16.8 Å². The Labute approximate surface area is 146 Å². The van der Waals surface area contributed by atoms with E-state index in [1.54, 1.807) is 24.3 Å². The number of carbonyl (C=O) groups is 1. The molecule has 0 aliphatic heterocycles. The molecule has 0 bridgehead atoms. The van der Waals surface area contributed by atoms with Crippen LogP contribution in [0.1, 0.15) is 21.5 Å². The van der Waals surface area contributed by atoms with Gasteiger partial charge in [0.15, 0.2) is 0 Å². The third kappa shape index (κ3) is 4.34. The molecule has 0 saturated heterocycles. The third-order valence-corrected chi connectivity index (χ3v) is 3.79. The molecule has 24 heavy (non-hydrogen) atoms. The summed E-state index contributed by atoms with van der Waals surface area (Å²) in [5.41, 5.74) is 3.56. The van der Waals surface area contributed by atoms with Gasteiger partial charge in [0.2, 0.25) is 0 Å². The van der Waals surface area contributed by atoms with Crippen LogP contribution in [0.15, 0.2) is 78.9 Å². The second-order valence-electron chi connectivity index (χ2n) is 5.33. The van der Waals surface area contributed by atoms with Crippen LogP contribution < -0.4 is 5.32 Å². The molecule has 3 heteroatoms. The Bertz CT molecular complexity index is 837. The molecular weight excluding hydrogens is 318 g/mol. The molecular formula is C21H16ClNO. The van der Waals surface area contributed by atoms with Crippen molar-refractivity contribution in [1.82, 2.24) is 0 Å². The molecule has 0 radical (unpaired) electrons. The summed E-state index contributed by atoms with van der Waals surface area (Å²) in [4.78, 5) is 12.2. The van der Waals surface area contributed by atoms with E-state index in [4.69, 9.17) is 11.6 Å². The Hall–Kier alpha value is -2.84. The third-order valence-electron chi connectivity index (χ3n) is 3.54. The molecule has 1 N–H and O–H groups in total. The van der Waals surface area contributed by atoms with Gasteiger partial charge >= 0.3 is 0 Å². The van der Waals surface area contributed by atoms with Crippen LogP contribution in [0.5, 0.6) is 0 Å². The molecule has 3 aromatic carbocycles. The predicted molar refractivity (Wildman–Crippen MR) is 101 cm³/mol. The Morgan fingerprint density at radius 2 is 1.33 bits per heavy atom. The van der Waals surface area contributed by atoms with E-state index in [2.05, 4.69) is 23.5 Å². The molecule has 0 heterocycles. The largest absolute Gasteiger partial charge is 0.322 e. The van der Waals surface area contributed by atoms with Gasteiger partial charge in [0.1, 0.15) is 0 Å². The van der Waals surface area contributed by atoms with Crippen LogP contribution >= 0.6 is 11.6 Å². The van der Waals surface area contributed by atoms with Gasteiger partial charge in [0.05, 0.1) is 0 Å². The van der Waals surface area contributed by atoms with Crippen molar-refractivity contribution in [3.8, 4) is 0 Å². The first kappa shape index (κ1) is 16.0. The van der Waals surface area contributed by atoms with Crippen molar-refractivity contribution in [1.29, 1.82) is 0 Å². The first-order valence-electron chi connectivity index (χ1n) is 7.61. The fourth-order valence-corrected chi connectivity index (χ4v) is 2.36. The number of hydrogen-bond acceptors (Lipinski definition) is 1. The number of carbonyl (C=O) groups excluding carboxylic acids is 1. The van der Waals surface area contributed by atoms with Crippen LogP contribution in [0.2, 0.25) is 5.02 Å². The maximum Gasteiger partial charge on any atom is 0.255 e. The summed E-state index contributed by atoms with van der Waals surface area (Å²) >= 11 is 5.83. The van der Waals surface area contributed by atoms with E-state index in [-0.39, 0.29) is 5.91 Å². The van der Waals surface area contributed by atoms with Gasteiger partial charge in [-0.1, -0.05) is 66.2 Å². The zero-order valence-corrected chi connectivity index (χ0v) is 13.7. The van der Waals surface area contributed by atoms with Crippen LogP contribution in [0.3, 0.4) is 0 Å². The number of benzene rings is 3. The van der Waals surface area contributed by atoms with E-state index in [9.17, 15) is 4.79 Å². The lowest BCUT2D eigenvalue weighted by molar-refractivity contribution is 0.102. The average molecular weight is 334 g/mol. The van der Waals surface area contributed by atoms with Gasteiger partial charge in [-0.15, -0.1) is 0 Å². The molecule has 3 aromatic rings. The topological polar surface area (TPSA) is 29.1 Å². The minimum Gasteiger partial charge on any atom is -0.322 e. The van der Waals surface area contributed by atoms with E-state index < -0.39 is 0 Å². The van der Waals surface area contributed by atoms with Crippen LogP contribution in [0, 0.1) is 0 Å². The molecule has 0 aromatic heterocycles. The van der Waals surface area contributed by atoms with Crippen LogP contribution in [-0.2, 0) is 0 Å². The standard InChI is InChI=1S/C21H16ClNO/c22-19-12-10-18(11-13-19)21(24)23-20-14-8-17(9-15-20)7-6-16-4-2-1-3-5-16/h1-15H,(H,23,24)/b7-6+. The number of amides is 1. The van der Waals surface area contributed by atoms with E-state index in [1.807, 2.05) is 48.5 Å². The smallest absolute Gasteiger partial charge is 0.255 e. The highest BCUT2D eigenvalue weighted by molar-refractivity contribution is 6.30. The van der Waals surface area contributed by atoms with Crippen molar-refractivity contribution in [2.45, 2.75) is 0 Å². The van der Waals surface area contributed by atoms with Crippen LogP contribution in [0.25, 0.3) is 12.2 Å². The molecule has 1 amide bonds. The maximum atomic E-state index is 12.2. The van der Waals surface area contributed by atoms with Crippen molar-refractivity contribution in [2.24, 2.45) is 0 Å². The van der Waals surface area contributed by atoms with Gasteiger partial charge in [-0.25, -0.2) is 0 Å². The Kier molecular flexibility index (Phi) is 5.09. The first-order valence-corrected chi connectivity index (χ1v) is 7.99. The van der Waals surface area contributed by atoms with Crippen molar-refractivity contribution in [2.75, 3.05) is 5.32 Å². The van der Waals surface area contributed by atoms with Crippen LogP contribution in [0.4, 0.5) is 5.69 Å². The lowest BCUT2D eigenvalue weighted by Crippen LogP contribution is -2.11. The summed E-state index contributed by atoms with van der Waals surface area (Å²) in [6.45, 7) is 0. The van der Waals surface area contributed by atoms with Crippen molar-refractivity contribution >= 4 is 35.3 Å². The fourth-order valence-electron chi connectivity index (χ4n) is 2.24. The summed E-state index contributed by atoms with van der Waals surface area (Å²) in [7, 11) is 0. The zero-order chi connectivity index (χ0) is 16.8.